The number of nitrogens with zero attached hydrogens (tertiary/aromatic N) is 1. The van der Waals surface area contributed by atoms with Gasteiger partial charge in [0.15, 0.2) is 11.5 Å². The summed E-state index contributed by atoms with van der Waals surface area (Å²) in [7, 11) is 1.64. The standard InChI is InChI=1S/C17H18N2O4/c1-11(12-3-4-14-15(9-12)23-8-7-22-14)18-17(21)13-5-6-19(2)16(20)10-13/h3-6,9-11H,7-8H2,1-2H3,(H,18,21)/t11-/m1/s1. The van der Waals surface area contributed by atoms with E-state index < -0.39 is 0 Å². The van der Waals surface area contributed by atoms with E-state index in [9.17, 15) is 9.59 Å². The zero-order chi connectivity index (χ0) is 16.4. The number of nitrogens with one attached hydrogen (secondary N) is 1. The molecule has 3 rings (SSSR count). The van der Waals surface area contributed by atoms with Gasteiger partial charge in [0.1, 0.15) is 13.2 Å². The summed E-state index contributed by atoms with van der Waals surface area (Å²) in [6, 6.07) is 8.32. The molecule has 2 aromatic rings. The Morgan fingerprint density at radius 1 is 1.17 bits per heavy atom. The van der Waals surface area contributed by atoms with Crippen molar-refractivity contribution in [3.63, 3.8) is 0 Å². The number of aromatic nitrogens is 1. The first-order valence-electron chi connectivity index (χ1n) is 7.41. The second-order valence-electron chi connectivity index (χ2n) is 5.46. The van der Waals surface area contributed by atoms with Crippen LogP contribution in [0.1, 0.15) is 28.9 Å². The van der Waals surface area contributed by atoms with Gasteiger partial charge in [-0.15, -0.1) is 0 Å². The van der Waals surface area contributed by atoms with E-state index in [0.29, 0.717) is 30.3 Å². The lowest BCUT2D eigenvalue weighted by atomic mass is 10.1. The van der Waals surface area contributed by atoms with E-state index in [4.69, 9.17) is 9.47 Å². The molecule has 0 spiro atoms. The molecule has 0 aliphatic carbocycles. The van der Waals surface area contributed by atoms with E-state index in [-0.39, 0.29) is 17.5 Å². The van der Waals surface area contributed by atoms with Crippen molar-refractivity contribution >= 4 is 5.91 Å². The highest BCUT2D eigenvalue weighted by atomic mass is 16.6. The molecule has 6 nitrogen and oxygen atoms in total. The number of fused-ring (bicyclic) bond motifs is 1. The summed E-state index contributed by atoms with van der Waals surface area (Å²) in [5.74, 6) is 1.11. The maximum absolute atomic E-state index is 12.3. The van der Waals surface area contributed by atoms with Crippen molar-refractivity contribution in [1.82, 2.24) is 9.88 Å². The molecule has 1 aromatic heterocycles. The van der Waals surface area contributed by atoms with Crippen LogP contribution >= 0.6 is 0 Å². The van der Waals surface area contributed by atoms with Crippen LogP contribution in [0.3, 0.4) is 0 Å². The van der Waals surface area contributed by atoms with Crippen LogP contribution in [0.25, 0.3) is 0 Å². The van der Waals surface area contributed by atoms with Gasteiger partial charge in [-0.05, 0) is 30.7 Å². The van der Waals surface area contributed by atoms with Crippen molar-refractivity contribution in [2.75, 3.05) is 13.2 Å². The normalized spacial score (nSPS) is 14.2. The summed E-state index contributed by atoms with van der Waals surface area (Å²) in [5, 5.41) is 2.88. The molecular formula is C17H18N2O4. The van der Waals surface area contributed by atoms with E-state index in [2.05, 4.69) is 5.32 Å². The Morgan fingerprint density at radius 2 is 1.91 bits per heavy atom. The highest BCUT2D eigenvalue weighted by Crippen LogP contribution is 2.32. The fourth-order valence-electron chi connectivity index (χ4n) is 2.38. The summed E-state index contributed by atoms with van der Waals surface area (Å²) in [4.78, 5) is 23.9. The van der Waals surface area contributed by atoms with Crippen LogP contribution in [0.5, 0.6) is 11.5 Å². The molecule has 1 atom stereocenters. The Morgan fingerprint density at radius 3 is 2.65 bits per heavy atom. The maximum Gasteiger partial charge on any atom is 0.252 e. The van der Waals surface area contributed by atoms with E-state index >= 15 is 0 Å². The molecule has 0 unspecified atom stereocenters. The zero-order valence-electron chi connectivity index (χ0n) is 13.0. The smallest absolute Gasteiger partial charge is 0.252 e. The van der Waals surface area contributed by atoms with Crippen molar-refractivity contribution in [3.05, 3.63) is 58.0 Å². The molecule has 0 fully saturated rings. The number of benzene rings is 1. The van der Waals surface area contributed by atoms with Crippen molar-refractivity contribution in [2.24, 2.45) is 7.05 Å². The van der Waals surface area contributed by atoms with Crippen LogP contribution in [0, 0.1) is 0 Å². The van der Waals surface area contributed by atoms with Gasteiger partial charge in [0, 0.05) is 24.9 Å². The monoisotopic (exact) mass is 314 g/mol. The predicted octanol–water partition coefficient (Wildman–Crippen LogP) is 1.65. The highest BCUT2D eigenvalue weighted by molar-refractivity contribution is 5.94. The van der Waals surface area contributed by atoms with Gasteiger partial charge in [-0.1, -0.05) is 6.07 Å². The summed E-state index contributed by atoms with van der Waals surface area (Å²) < 4.78 is 12.5. The number of carbonyl (C=O) groups excluding carboxylic acids is 1. The van der Waals surface area contributed by atoms with Gasteiger partial charge < -0.3 is 19.4 Å². The second kappa shape index (κ2) is 6.16. The molecule has 1 aliphatic rings. The van der Waals surface area contributed by atoms with Crippen molar-refractivity contribution in [1.29, 1.82) is 0 Å². The van der Waals surface area contributed by atoms with Gasteiger partial charge in [-0.3, -0.25) is 9.59 Å². The van der Waals surface area contributed by atoms with Crippen LogP contribution in [0.4, 0.5) is 0 Å². The van der Waals surface area contributed by atoms with E-state index in [0.717, 1.165) is 5.56 Å². The first-order chi connectivity index (χ1) is 11.0. The number of hydrogen-bond acceptors (Lipinski definition) is 4. The molecule has 120 valence electrons. The maximum atomic E-state index is 12.3. The lowest BCUT2D eigenvalue weighted by Gasteiger charge is -2.21. The minimum Gasteiger partial charge on any atom is -0.486 e. The lowest BCUT2D eigenvalue weighted by molar-refractivity contribution is 0.0939. The summed E-state index contributed by atoms with van der Waals surface area (Å²) in [5.41, 5.74) is 1.04. The van der Waals surface area contributed by atoms with Gasteiger partial charge in [0.2, 0.25) is 0 Å². The number of carbonyl (C=O) groups is 1. The summed E-state index contributed by atoms with van der Waals surface area (Å²) in [6.45, 7) is 2.94. The largest absolute Gasteiger partial charge is 0.486 e. The van der Waals surface area contributed by atoms with Crippen LogP contribution in [-0.4, -0.2) is 23.7 Å². The first kappa shape index (κ1) is 15.1. The van der Waals surface area contributed by atoms with Crippen molar-refractivity contribution in [3.8, 4) is 11.5 Å². The Labute approximate surface area is 133 Å². The molecule has 0 saturated heterocycles. The molecule has 23 heavy (non-hydrogen) atoms. The third kappa shape index (κ3) is 3.21. The summed E-state index contributed by atoms with van der Waals surface area (Å²) in [6.07, 6.45) is 1.58. The Balaban J connectivity index is 1.75. The molecule has 1 N–H and O–H groups in total. The average molecular weight is 314 g/mol. The van der Waals surface area contributed by atoms with E-state index in [1.54, 1.807) is 19.3 Å². The first-order valence-corrected chi connectivity index (χ1v) is 7.41. The van der Waals surface area contributed by atoms with Gasteiger partial charge in [-0.25, -0.2) is 0 Å². The van der Waals surface area contributed by atoms with Crippen LogP contribution in [-0.2, 0) is 7.05 Å². The van der Waals surface area contributed by atoms with Crippen molar-refractivity contribution < 1.29 is 14.3 Å². The number of hydrogen-bond donors (Lipinski definition) is 1. The number of pyridine rings is 1. The minimum atomic E-state index is -0.287. The number of aryl methyl sites for hydroxylation is 1. The lowest BCUT2D eigenvalue weighted by Crippen LogP contribution is -2.28. The van der Waals surface area contributed by atoms with E-state index in [1.807, 2.05) is 25.1 Å². The SMILES string of the molecule is C[C@@H](NC(=O)c1ccn(C)c(=O)c1)c1ccc2c(c1)OCCO2. The Kier molecular flexibility index (Phi) is 4.06. The molecular weight excluding hydrogens is 296 g/mol. The second-order valence-corrected chi connectivity index (χ2v) is 5.46. The zero-order valence-corrected chi connectivity index (χ0v) is 13.0. The van der Waals surface area contributed by atoms with Gasteiger partial charge in [-0.2, -0.15) is 0 Å². The average Bonchev–Trinajstić information content (AvgIpc) is 2.56. The quantitative estimate of drug-likeness (QED) is 0.935. The molecule has 0 radical (unpaired) electrons. The number of amides is 1. The third-order valence-electron chi connectivity index (χ3n) is 3.78. The minimum absolute atomic E-state index is 0.218. The van der Waals surface area contributed by atoms with E-state index in [1.165, 1.54) is 10.6 Å². The van der Waals surface area contributed by atoms with Crippen molar-refractivity contribution in [2.45, 2.75) is 13.0 Å². The molecule has 2 heterocycles. The molecule has 1 amide bonds. The topological polar surface area (TPSA) is 69.6 Å². The number of ether oxygens (including phenoxy) is 2. The Hall–Kier alpha value is -2.76. The number of rotatable bonds is 3. The fraction of sp³-hybridized carbons (Fsp3) is 0.294. The molecule has 1 aromatic carbocycles. The molecule has 1 aliphatic heterocycles. The van der Waals surface area contributed by atoms with Crippen LogP contribution < -0.4 is 20.3 Å². The molecule has 6 heteroatoms. The van der Waals surface area contributed by atoms with Crippen LogP contribution in [0.15, 0.2) is 41.3 Å². The molecule has 0 bridgehead atoms. The fourth-order valence-corrected chi connectivity index (χ4v) is 2.38. The van der Waals surface area contributed by atoms with Crippen LogP contribution in [0.2, 0.25) is 0 Å². The molecule has 0 saturated carbocycles. The van der Waals surface area contributed by atoms with Gasteiger partial charge in [0.25, 0.3) is 11.5 Å². The summed E-state index contributed by atoms with van der Waals surface area (Å²) >= 11 is 0. The third-order valence-corrected chi connectivity index (χ3v) is 3.78. The van der Waals surface area contributed by atoms with Gasteiger partial charge in [0.05, 0.1) is 6.04 Å². The van der Waals surface area contributed by atoms with Gasteiger partial charge >= 0.3 is 0 Å². The Bertz CT molecular complexity index is 797. The predicted molar refractivity (Wildman–Crippen MR) is 85.0 cm³/mol. The highest BCUT2D eigenvalue weighted by Gasteiger charge is 2.16.